The van der Waals surface area contributed by atoms with Gasteiger partial charge in [-0.05, 0) is 37.1 Å². The molecule has 0 radical (unpaired) electrons. The lowest BCUT2D eigenvalue weighted by Gasteiger charge is -2.35. The molecule has 0 unspecified atom stereocenters. The second-order valence-corrected chi connectivity index (χ2v) is 9.14. The fourth-order valence-electron chi connectivity index (χ4n) is 3.26. The van der Waals surface area contributed by atoms with Gasteiger partial charge in [-0.25, -0.2) is 18.4 Å². The molecule has 1 saturated carbocycles. The average Bonchev–Trinajstić information content (AvgIpc) is 3.52. The summed E-state index contributed by atoms with van der Waals surface area (Å²) in [5, 5.41) is 0. The topological polar surface area (TPSA) is 83.5 Å². The predicted molar refractivity (Wildman–Crippen MR) is 102 cm³/mol. The Bertz CT molecular complexity index is 964. The van der Waals surface area contributed by atoms with E-state index in [-0.39, 0.29) is 10.8 Å². The molecule has 1 aromatic carbocycles. The van der Waals surface area contributed by atoms with Gasteiger partial charge in [0, 0.05) is 50.1 Å². The molecule has 0 N–H and O–H groups in total. The molecule has 0 bridgehead atoms. The second-order valence-electron chi connectivity index (χ2n) is 7.13. The highest BCUT2D eigenvalue weighted by molar-refractivity contribution is 7.90. The molecule has 142 valence electrons. The molecule has 1 aliphatic carbocycles. The summed E-state index contributed by atoms with van der Waals surface area (Å²) in [5.41, 5.74) is 0.407. The van der Waals surface area contributed by atoms with Crippen molar-refractivity contribution in [3.8, 4) is 0 Å². The van der Waals surface area contributed by atoms with E-state index in [0.717, 1.165) is 30.7 Å². The van der Waals surface area contributed by atoms with E-state index in [1.54, 1.807) is 17.0 Å². The van der Waals surface area contributed by atoms with E-state index in [1.165, 1.54) is 12.1 Å². The monoisotopic (exact) mass is 386 g/mol. The Morgan fingerprint density at radius 2 is 1.85 bits per heavy atom. The van der Waals surface area contributed by atoms with E-state index >= 15 is 0 Å². The molecule has 2 heterocycles. The number of carbonyl (C=O) groups is 1. The minimum atomic E-state index is -3.33. The fourth-order valence-corrected chi connectivity index (χ4v) is 3.93. The number of carbonyl (C=O) groups excluding carboxylic acids is 1. The van der Waals surface area contributed by atoms with Crippen molar-refractivity contribution in [3.63, 3.8) is 0 Å². The van der Waals surface area contributed by atoms with Crippen LogP contribution in [0.15, 0.2) is 41.4 Å². The summed E-state index contributed by atoms with van der Waals surface area (Å²) < 4.78 is 23.4. The molecule has 8 heteroatoms. The summed E-state index contributed by atoms with van der Waals surface area (Å²) in [4.78, 5) is 25.9. The van der Waals surface area contributed by atoms with Gasteiger partial charge < -0.3 is 9.80 Å². The predicted octanol–water partition coefficient (Wildman–Crippen LogP) is 1.72. The molecule has 27 heavy (non-hydrogen) atoms. The van der Waals surface area contributed by atoms with Gasteiger partial charge in [-0.15, -0.1) is 0 Å². The quantitative estimate of drug-likeness (QED) is 0.796. The summed E-state index contributed by atoms with van der Waals surface area (Å²) >= 11 is 0. The highest BCUT2D eigenvalue weighted by Gasteiger charge is 2.28. The van der Waals surface area contributed by atoms with Crippen LogP contribution in [0, 0.1) is 0 Å². The molecule has 1 aromatic heterocycles. The summed E-state index contributed by atoms with van der Waals surface area (Å²) in [6.07, 6.45) is 5.29. The fraction of sp³-hybridized carbons (Fsp3) is 0.421. The summed E-state index contributed by atoms with van der Waals surface area (Å²) in [6.45, 7) is 2.53. The van der Waals surface area contributed by atoms with Gasteiger partial charge in [0.1, 0.15) is 11.6 Å². The highest BCUT2D eigenvalue weighted by Crippen LogP contribution is 2.38. The third-order valence-electron chi connectivity index (χ3n) is 5.00. The first-order valence-corrected chi connectivity index (χ1v) is 11.0. The van der Waals surface area contributed by atoms with E-state index in [1.807, 2.05) is 12.3 Å². The van der Waals surface area contributed by atoms with Crippen molar-refractivity contribution in [3.05, 3.63) is 47.9 Å². The number of sulfone groups is 1. The average molecular weight is 386 g/mol. The first kappa shape index (κ1) is 17.9. The minimum absolute atomic E-state index is 0.137. The minimum Gasteiger partial charge on any atom is -0.353 e. The third kappa shape index (κ3) is 3.95. The zero-order chi connectivity index (χ0) is 19.0. The van der Waals surface area contributed by atoms with Crippen LogP contribution in [0.5, 0.6) is 0 Å². The van der Waals surface area contributed by atoms with Crippen molar-refractivity contribution in [2.45, 2.75) is 23.7 Å². The molecule has 0 atom stereocenters. The van der Waals surface area contributed by atoms with E-state index in [2.05, 4.69) is 14.9 Å². The lowest BCUT2D eigenvalue weighted by molar-refractivity contribution is 0.0746. The number of amides is 1. The zero-order valence-electron chi connectivity index (χ0n) is 15.2. The molecule has 2 aromatic rings. The van der Waals surface area contributed by atoms with Crippen molar-refractivity contribution in [1.82, 2.24) is 14.9 Å². The number of aromatic nitrogens is 2. The van der Waals surface area contributed by atoms with Crippen LogP contribution < -0.4 is 4.90 Å². The van der Waals surface area contributed by atoms with Crippen LogP contribution in [-0.4, -0.2) is 61.6 Å². The van der Waals surface area contributed by atoms with Gasteiger partial charge in [-0.1, -0.05) is 6.07 Å². The molecular formula is C19H22N4O3S. The number of hydrogen-bond acceptors (Lipinski definition) is 6. The van der Waals surface area contributed by atoms with Gasteiger partial charge in [-0.3, -0.25) is 4.79 Å². The van der Waals surface area contributed by atoms with Crippen molar-refractivity contribution < 1.29 is 13.2 Å². The van der Waals surface area contributed by atoms with Crippen molar-refractivity contribution in [2.75, 3.05) is 37.3 Å². The van der Waals surface area contributed by atoms with Crippen molar-refractivity contribution in [1.29, 1.82) is 0 Å². The van der Waals surface area contributed by atoms with E-state index in [4.69, 9.17) is 0 Å². The summed E-state index contributed by atoms with van der Waals surface area (Å²) in [7, 11) is -3.33. The van der Waals surface area contributed by atoms with Gasteiger partial charge in [0.15, 0.2) is 9.84 Å². The van der Waals surface area contributed by atoms with E-state index in [0.29, 0.717) is 37.7 Å². The van der Waals surface area contributed by atoms with Crippen LogP contribution in [0.25, 0.3) is 0 Å². The van der Waals surface area contributed by atoms with Crippen LogP contribution in [0.2, 0.25) is 0 Å². The smallest absolute Gasteiger partial charge is 0.254 e. The number of rotatable bonds is 4. The largest absolute Gasteiger partial charge is 0.353 e. The lowest BCUT2D eigenvalue weighted by Crippen LogP contribution is -2.49. The Hall–Kier alpha value is -2.48. The van der Waals surface area contributed by atoms with E-state index < -0.39 is 9.84 Å². The Labute approximate surface area is 159 Å². The second kappa shape index (κ2) is 6.92. The Kier molecular flexibility index (Phi) is 4.59. The Balaban J connectivity index is 1.43. The van der Waals surface area contributed by atoms with Crippen LogP contribution in [-0.2, 0) is 9.84 Å². The number of anilines is 1. The van der Waals surface area contributed by atoms with Crippen LogP contribution in [0.4, 0.5) is 5.82 Å². The molecule has 1 amide bonds. The number of nitrogens with zero attached hydrogens (tertiary/aromatic N) is 4. The normalized spacial score (nSPS) is 17.8. The van der Waals surface area contributed by atoms with E-state index in [9.17, 15) is 13.2 Å². The third-order valence-corrected chi connectivity index (χ3v) is 6.11. The lowest BCUT2D eigenvalue weighted by atomic mass is 10.2. The SMILES string of the molecule is CS(=O)(=O)c1cccc(C(=O)N2CCN(c3ccnc(C4CC4)n3)CC2)c1. The molecule has 2 fully saturated rings. The van der Waals surface area contributed by atoms with Crippen LogP contribution in [0.1, 0.15) is 34.9 Å². The maximum atomic E-state index is 12.8. The molecular weight excluding hydrogens is 364 g/mol. The van der Waals surface area contributed by atoms with Gasteiger partial charge in [0.05, 0.1) is 4.90 Å². The number of benzene rings is 1. The Morgan fingerprint density at radius 1 is 1.11 bits per heavy atom. The molecule has 7 nitrogen and oxygen atoms in total. The van der Waals surface area contributed by atoms with Gasteiger partial charge in [0.25, 0.3) is 5.91 Å². The highest BCUT2D eigenvalue weighted by atomic mass is 32.2. The van der Waals surface area contributed by atoms with Crippen molar-refractivity contribution in [2.24, 2.45) is 0 Å². The standard InChI is InChI=1S/C19H22N4O3S/c1-27(25,26)16-4-2-3-15(13-16)19(24)23-11-9-22(10-12-23)17-7-8-20-18(21-17)14-5-6-14/h2-4,7-8,13-14H,5-6,9-12H2,1H3. The summed E-state index contributed by atoms with van der Waals surface area (Å²) in [5.74, 6) is 2.21. The Morgan fingerprint density at radius 3 is 2.52 bits per heavy atom. The maximum absolute atomic E-state index is 12.8. The molecule has 1 aliphatic heterocycles. The van der Waals surface area contributed by atoms with Gasteiger partial charge in [0.2, 0.25) is 0 Å². The van der Waals surface area contributed by atoms with Gasteiger partial charge >= 0.3 is 0 Å². The summed E-state index contributed by atoms with van der Waals surface area (Å²) in [6, 6.07) is 8.15. The maximum Gasteiger partial charge on any atom is 0.254 e. The number of piperazine rings is 1. The van der Waals surface area contributed by atoms with Gasteiger partial charge in [-0.2, -0.15) is 0 Å². The molecule has 0 spiro atoms. The molecule has 4 rings (SSSR count). The molecule has 2 aliphatic rings. The first-order chi connectivity index (χ1) is 12.9. The zero-order valence-corrected chi connectivity index (χ0v) is 16.0. The molecule has 1 saturated heterocycles. The van der Waals surface area contributed by atoms with Crippen LogP contribution >= 0.6 is 0 Å². The van der Waals surface area contributed by atoms with Crippen LogP contribution in [0.3, 0.4) is 0 Å². The number of hydrogen-bond donors (Lipinski definition) is 0. The first-order valence-electron chi connectivity index (χ1n) is 9.09. The van der Waals surface area contributed by atoms with Crippen molar-refractivity contribution >= 4 is 21.6 Å².